The number of ether oxygens (including phenoxy) is 4. The van der Waals surface area contributed by atoms with Gasteiger partial charge in [-0.25, -0.2) is 0 Å². The lowest BCUT2D eigenvalue weighted by molar-refractivity contribution is 0.0759. The first-order chi connectivity index (χ1) is 8.80. The van der Waals surface area contributed by atoms with Crippen LogP contribution in [-0.2, 0) is 4.74 Å². The van der Waals surface area contributed by atoms with Crippen molar-refractivity contribution in [2.24, 2.45) is 0 Å². The van der Waals surface area contributed by atoms with E-state index in [9.17, 15) is 0 Å². The number of rotatable bonds is 4. The second-order valence-electron chi connectivity index (χ2n) is 4.03. The molecule has 0 aliphatic carbocycles. The van der Waals surface area contributed by atoms with E-state index >= 15 is 0 Å². The molecule has 0 unspecified atom stereocenters. The predicted molar refractivity (Wildman–Crippen MR) is 67.7 cm³/mol. The average Bonchev–Trinajstić information content (AvgIpc) is 2.46. The first-order valence-corrected chi connectivity index (χ1v) is 5.91. The minimum atomic E-state index is 0.119. The van der Waals surface area contributed by atoms with Gasteiger partial charge in [0.05, 0.1) is 40.6 Å². The van der Waals surface area contributed by atoms with E-state index in [4.69, 9.17) is 18.9 Å². The molecule has 1 aliphatic rings. The van der Waals surface area contributed by atoms with Gasteiger partial charge in [-0.15, -0.1) is 0 Å². The molecule has 1 fully saturated rings. The summed E-state index contributed by atoms with van der Waals surface area (Å²) in [5.74, 6) is 2.13. The first kappa shape index (κ1) is 13.0. The molecule has 1 saturated heterocycles. The molecule has 0 bridgehead atoms. The average molecular weight is 253 g/mol. The van der Waals surface area contributed by atoms with Crippen LogP contribution < -0.4 is 19.5 Å². The zero-order valence-corrected chi connectivity index (χ0v) is 11.0. The van der Waals surface area contributed by atoms with Crippen LogP contribution in [0.4, 0.5) is 0 Å². The van der Waals surface area contributed by atoms with Crippen molar-refractivity contribution in [3.63, 3.8) is 0 Å². The van der Waals surface area contributed by atoms with Gasteiger partial charge >= 0.3 is 0 Å². The summed E-state index contributed by atoms with van der Waals surface area (Å²) >= 11 is 0. The molecule has 0 aromatic heterocycles. The fraction of sp³-hybridized carbons (Fsp3) is 0.538. The highest BCUT2D eigenvalue weighted by atomic mass is 16.5. The van der Waals surface area contributed by atoms with Gasteiger partial charge in [0.15, 0.2) is 11.5 Å². The monoisotopic (exact) mass is 253 g/mol. The van der Waals surface area contributed by atoms with Crippen LogP contribution in [0.25, 0.3) is 0 Å². The van der Waals surface area contributed by atoms with Crippen molar-refractivity contribution < 1.29 is 18.9 Å². The Morgan fingerprint density at radius 1 is 1.06 bits per heavy atom. The van der Waals surface area contributed by atoms with Gasteiger partial charge in [0, 0.05) is 18.2 Å². The van der Waals surface area contributed by atoms with Crippen LogP contribution >= 0.6 is 0 Å². The second kappa shape index (κ2) is 5.93. The number of benzene rings is 1. The summed E-state index contributed by atoms with van der Waals surface area (Å²) in [5.41, 5.74) is 1.02. The van der Waals surface area contributed by atoms with Crippen molar-refractivity contribution in [2.75, 3.05) is 41.1 Å². The normalized spacial score (nSPS) is 19.4. The molecule has 100 valence electrons. The van der Waals surface area contributed by atoms with Gasteiger partial charge in [0.2, 0.25) is 0 Å². The predicted octanol–water partition coefficient (Wildman–Crippen LogP) is 1.37. The molecule has 1 aromatic carbocycles. The van der Waals surface area contributed by atoms with E-state index in [1.54, 1.807) is 21.3 Å². The van der Waals surface area contributed by atoms with Crippen LogP contribution in [0, 0.1) is 0 Å². The molecule has 0 amide bonds. The third-order valence-electron chi connectivity index (χ3n) is 3.03. The third kappa shape index (κ3) is 2.52. The van der Waals surface area contributed by atoms with E-state index in [1.165, 1.54) is 0 Å². The molecule has 1 aromatic rings. The highest BCUT2D eigenvalue weighted by molar-refractivity contribution is 5.52. The maximum absolute atomic E-state index is 5.48. The van der Waals surface area contributed by atoms with E-state index < -0.39 is 0 Å². The van der Waals surface area contributed by atoms with Gasteiger partial charge in [0.25, 0.3) is 0 Å². The molecule has 1 N–H and O–H groups in total. The minimum absolute atomic E-state index is 0.119. The Morgan fingerprint density at radius 3 is 2.28 bits per heavy atom. The molecule has 0 spiro atoms. The minimum Gasteiger partial charge on any atom is -0.496 e. The summed E-state index contributed by atoms with van der Waals surface area (Å²) in [7, 11) is 4.88. The molecule has 0 saturated carbocycles. The van der Waals surface area contributed by atoms with Crippen LogP contribution in [0.3, 0.4) is 0 Å². The summed E-state index contributed by atoms with van der Waals surface area (Å²) in [4.78, 5) is 0. The topological polar surface area (TPSA) is 49.0 Å². The first-order valence-electron chi connectivity index (χ1n) is 5.91. The van der Waals surface area contributed by atoms with Gasteiger partial charge < -0.3 is 24.3 Å². The fourth-order valence-electron chi connectivity index (χ4n) is 2.09. The summed E-state index contributed by atoms with van der Waals surface area (Å²) in [5, 5.41) is 3.40. The number of nitrogens with one attached hydrogen (secondary N) is 1. The standard InChI is InChI=1S/C13H19NO4/c1-15-11-7-13(17-3)12(16-2)6-9(11)10-8-18-5-4-14-10/h6-7,10,14H,4-5,8H2,1-3H3/t10-/m0/s1. The number of methoxy groups -OCH3 is 3. The fourth-order valence-corrected chi connectivity index (χ4v) is 2.09. The van der Waals surface area contributed by atoms with E-state index in [0.717, 1.165) is 24.5 Å². The van der Waals surface area contributed by atoms with Gasteiger partial charge in [-0.2, -0.15) is 0 Å². The summed E-state index contributed by atoms with van der Waals surface area (Å²) < 4.78 is 21.5. The molecule has 5 nitrogen and oxygen atoms in total. The molecule has 18 heavy (non-hydrogen) atoms. The highest BCUT2D eigenvalue weighted by Crippen LogP contribution is 2.37. The molecule has 1 aliphatic heterocycles. The molecule has 1 atom stereocenters. The van der Waals surface area contributed by atoms with Gasteiger partial charge in [-0.3, -0.25) is 0 Å². The summed E-state index contributed by atoms with van der Waals surface area (Å²) in [6, 6.07) is 3.89. The van der Waals surface area contributed by atoms with E-state index in [0.29, 0.717) is 18.1 Å². The number of morpholine rings is 1. The molecule has 1 heterocycles. The van der Waals surface area contributed by atoms with Crippen LogP contribution in [0.1, 0.15) is 11.6 Å². The van der Waals surface area contributed by atoms with E-state index in [1.807, 2.05) is 12.1 Å². The van der Waals surface area contributed by atoms with Crippen molar-refractivity contribution >= 4 is 0 Å². The molecular formula is C13H19NO4. The van der Waals surface area contributed by atoms with Crippen molar-refractivity contribution in [3.8, 4) is 17.2 Å². The van der Waals surface area contributed by atoms with Crippen LogP contribution in [-0.4, -0.2) is 41.1 Å². The SMILES string of the molecule is COc1cc(OC)c([C@@H]2COCCN2)cc1OC. The smallest absolute Gasteiger partial charge is 0.164 e. The summed E-state index contributed by atoms with van der Waals surface area (Å²) in [6.45, 7) is 2.21. The lowest BCUT2D eigenvalue weighted by Crippen LogP contribution is -2.34. The van der Waals surface area contributed by atoms with Crippen LogP contribution in [0.15, 0.2) is 12.1 Å². The highest BCUT2D eigenvalue weighted by Gasteiger charge is 2.21. The summed E-state index contributed by atoms with van der Waals surface area (Å²) in [6.07, 6.45) is 0. The third-order valence-corrected chi connectivity index (χ3v) is 3.03. The largest absolute Gasteiger partial charge is 0.496 e. The van der Waals surface area contributed by atoms with E-state index in [-0.39, 0.29) is 6.04 Å². The van der Waals surface area contributed by atoms with Crippen molar-refractivity contribution in [2.45, 2.75) is 6.04 Å². The number of hydrogen-bond acceptors (Lipinski definition) is 5. The molecule has 0 radical (unpaired) electrons. The molecule has 5 heteroatoms. The zero-order chi connectivity index (χ0) is 13.0. The van der Waals surface area contributed by atoms with Gasteiger partial charge in [-0.1, -0.05) is 0 Å². The Morgan fingerprint density at radius 2 is 1.72 bits per heavy atom. The molecule has 2 rings (SSSR count). The molecular weight excluding hydrogens is 234 g/mol. The number of hydrogen-bond donors (Lipinski definition) is 1. The van der Waals surface area contributed by atoms with Crippen molar-refractivity contribution in [1.82, 2.24) is 5.32 Å². The Kier molecular flexibility index (Phi) is 4.28. The maximum Gasteiger partial charge on any atom is 0.164 e. The Bertz CT molecular complexity index is 402. The Balaban J connectivity index is 2.37. The van der Waals surface area contributed by atoms with Gasteiger partial charge in [0.1, 0.15) is 5.75 Å². The van der Waals surface area contributed by atoms with E-state index in [2.05, 4.69) is 5.32 Å². The Labute approximate surface area is 107 Å². The zero-order valence-electron chi connectivity index (χ0n) is 11.0. The second-order valence-corrected chi connectivity index (χ2v) is 4.03. The van der Waals surface area contributed by atoms with Crippen molar-refractivity contribution in [1.29, 1.82) is 0 Å². The maximum atomic E-state index is 5.48. The lowest BCUT2D eigenvalue weighted by Gasteiger charge is -2.26. The van der Waals surface area contributed by atoms with Crippen LogP contribution in [0.5, 0.6) is 17.2 Å². The lowest BCUT2D eigenvalue weighted by atomic mass is 10.0. The Hall–Kier alpha value is -1.46. The van der Waals surface area contributed by atoms with Crippen LogP contribution in [0.2, 0.25) is 0 Å². The van der Waals surface area contributed by atoms with Crippen molar-refractivity contribution in [3.05, 3.63) is 17.7 Å². The van der Waals surface area contributed by atoms with Gasteiger partial charge in [-0.05, 0) is 6.07 Å². The quantitative estimate of drug-likeness (QED) is 0.878.